The van der Waals surface area contributed by atoms with Crippen molar-refractivity contribution >= 4 is 23.1 Å². The zero-order chi connectivity index (χ0) is 12.6. The Labute approximate surface area is 117 Å². The number of ether oxygens (including phenoxy) is 1. The first-order chi connectivity index (χ1) is 8.90. The largest absolute Gasteiger partial charge is 0.395 e. The summed E-state index contributed by atoms with van der Waals surface area (Å²) in [6.45, 7) is 1.07. The van der Waals surface area contributed by atoms with Gasteiger partial charge in [0, 0.05) is 35.0 Å². The molecule has 18 heavy (non-hydrogen) atoms. The summed E-state index contributed by atoms with van der Waals surface area (Å²) in [4.78, 5) is 1.34. The first kappa shape index (κ1) is 14.0. The van der Waals surface area contributed by atoms with E-state index in [1.807, 2.05) is 11.8 Å². The lowest BCUT2D eigenvalue weighted by Crippen LogP contribution is -2.07. The summed E-state index contributed by atoms with van der Waals surface area (Å²) in [6.07, 6.45) is 3.43. The maximum atomic E-state index is 8.71. The molecule has 1 unspecified atom stereocenters. The molecule has 0 amide bonds. The average molecular weight is 282 g/mol. The Hall–Kier alpha value is -0.470. The van der Waals surface area contributed by atoms with Gasteiger partial charge >= 0.3 is 0 Å². The fourth-order valence-corrected chi connectivity index (χ4v) is 3.96. The van der Waals surface area contributed by atoms with E-state index in [0.717, 1.165) is 23.7 Å². The van der Waals surface area contributed by atoms with Gasteiger partial charge in [0.2, 0.25) is 0 Å². The molecule has 1 atom stereocenters. The van der Waals surface area contributed by atoms with E-state index in [1.165, 1.54) is 17.7 Å². The Balaban J connectivity index is 1.78. The molecule has 2 rings (SSSR count). The van der Waals surface area contributed by atoms with E-state index in [2.05, 4.69) is 23.3 Å². The number of hydrogen-bond acceptors (Lipinski definition) is 4. The van der Waals surface area contributed by atoms with Gasteiger partial charge in [0.1, 0.15) is 0 Å². The first-order valence-corrected chi connectivity index (χ1v) is 8.29. The normalized spacial score (nSPS) is 18.6. The number of aliphatic hydroxyl groups excluding tert-OH is 1. The van der Waals surface area contributed by atoms with E-state index >= 15 is 0 Å². The number of aliphatic hydroxyl groups is 1. The number of rotatable bonds is 5. The van der Waals surface area contributed by atoms with Crippen molar-refractivity contribution in [2.45, 2.75) is 31.1 Å². The Morgan fingerprint density at radius 2 is 2.50 bits per heavy atom. The van der Waals surface area contributed by atoms with Crippen molar-refractivity contribution in [3.8, 4) is 11.8 Å². The highest BCUT2D eigenvalue weighted by atomic mass is 32.2. The molecule has 1 aromatic rings. The van der Waals surface area contributed by atoms with Gasteiger partial charge in [0.05, 0.1) is 12.7 Å². The van der Waals surface area contributed by atoms with Gasteiger partial charge in [-0.1, -0.05) is 11.8 Å². The third-order valence-electron chi connectivity index (χ3n) is 2.77. The average Bonchev–Trinajstić information content (AvgIpc) is 3.02. The second-order valence-electron chi connectivity index (χ2n) is 4.18. The van der Waals surface area contributed by atoms with E-state index in [9.17, 15) is 0 Å². The summed E-state index contributed by atoms with van der Waals surface area (Å²) in [5, 5.41) is 10.8. The lowest BCUT2D eigenvalue weighted by molar-refractivity contribution is 0.129. The molecule has 0 radical (unpaired) electrons. The van der Waals surface area contributed by atoms with Gasteiger partial charge in [-0.15, -0.1) is 11.3 Å². The molecule has 0 bridgehead atoms. The van der Waals surface area contributed by atoms with Crippen LogP contribution >= 0.6 is 23.1 Å². The van der Waals surface area contributed by atoms with Crippen molar-refractivity contribution in [3.63, 3.8) is 0 Å². The van der Waals surface area contributed by atoms with E-state index in [4.69, 9.17) is 9.84 Å². The summed E-state index contributed by atoms with van der Waals surface area (Å²) in [5.74, 6) is 8.21. The molecular weight excluding hydrogens is 264 g/mol. The summed E-state index contributed by atoms with van der Waals surface area (Å²) < 4.78 is 5.61. The van der Waals surface area contributed by atoms with Crippen molar-refractivity contribution in [2.75, 3.05) is 19.0 Å². The SMILES string of the molecule is OCCC#Cc1ccsc1CSCC1CCCO1. The highest BCUT2D eigenvalue weighted by molar-refractivity contribution is 7.98. The van der Waals surface area contributed by atoms with Gasteiger partial charge in [0.25, 0.3) is 0 Å². The van der Waals surface area contributed by atoms with Crippen LogP contribution in [0, 0.1) is 11.8 Å². The van der Waals surface area contributed by atoms with Gasteiger partial charge in [-0.2, -0.15) is 11.8 Å². The van der Waals surface area contributed by atoms with Crippen molar-refractivity contribution in [3.05, 3.63) is 21.9 Å². The van der Waals surface area contributed by atoms with Crippen LogP contribution in [0.15, 0.2) is 11.4 Å². The van der Waals surface area contributed by atoms with Crippen LogP contribution < -0.4 is 0 Å². The van der Waals surface area contributed by atoms with E-state index in [1.54, 1.807) is 11.3 Å². The standard InChI is InChI=1S/C14H18O2S2/c15-7-2-1-4-12-6-9-18-14(12)11-17-10-13-5-3-8-16-13/h6,9,13,15H,2-3,5,7-8,10-11H2. The lowest BCUT2D eigenvalue weighted by Gasteiger charge is -2.07. The molecule has 1 aliphatic rings. The van der Waals surface area contributed by atoms with Crippen molar-refractivity contribution in [1.29, 1.82) is 0 Å². The minimum absolute atomic E-state index is 0.139. The van der Waals surface area contributed by atoms with Gasteiger partial charge in [-0.05, 0) is 24.3 Å². The predicted octanol–water partition coefficient (Wildman–Crippen LogP) is 2.89. The van der Waals surface area contributed by atoms with Crippen molar-refractivity contribution in [1.82, 2.24) is 0 Å². The van der Waals surface area contributed by atoms with Gasteiger partial charge in [-0.3, -0.25) is 0 Å². The molecule has 1 aliphatic heterocycles. The lowest BCUT2D eigenvalue weighted by atomic mass is 10.2. The summed E-state index contributed by atoms with van der Waals surface area (Å²) in [5.41, 5.74) is 1.12. The maximum Gasteiger partial charge on any atom is 0.0666 e. The van der Waals surface area contributed by atoms with E-state index < -0.39 is 0 Å². The molecule has 2 nitrogen and oxygen atoms in total. The third-order valence-corrected chi connectivity index (χ3v) is 4.97. The molecule has 0 saturated carbocycles. The topological polar surface area (TPSA) is 29.5 Å². The van der Waals surface area contributed by atoms with Crippen molar-refractivity contribution < 1.29 is 9.84 Å². The molecule has 0 aliphatic carbocycles. The highest BCUT2D eigenvalue weighted by Gasteiger charge is 2.15. The zero-order valence-corrected chi connectivity index (χ0v) is 12.0. The molecule has 98 valence electrons. The van der Waals surface area contributed by atoms with Gasteiger partial charge < -0.3 is 9.84 Å². The van der Waals surface area contributed by atoms with E-state index in [-0.39, 0.29) is 6.61 Å². The number of thioether (sulfide) groups is 1. The molecule has 0 spiro atoms. The fourth-order valence-electron chi connectivity index (χ4n) is 1.84. The molecule has 1 saturated heterocycles. The monoisotopic (exact) mass is 282 g/mol. The minimum atomic E-state index is 0.139. The smallest absolute Gasteiger partial charge is 0.0666 e. The Morgan fingerprint density at radius 3 is 3.28 bits per heavy atom. The van der Waals surface area contributed by atoms with Crippen LogP contribution in [-0.4, -0.2) is 30.2 Å². The number of hydrogen-bond donors (Lipinski definition) is 1. The Morgan fingerprint density at radius 1 is 1.56 bits per heavy atom. The molecule has 4 heteroatoms. The summed E-state index contributed by atoms with van der Waals surface area (Å²) >= 11 is 3.69. The summed E-state index contributed by atoms with van der Waals surface area (Å²) in [7, 11) is 0. The Bertz CT molecular complexity index is 411. The Kier molecular flexibility index (Phi) is 6.09. The second-order valence-corrected chi connectivity index (χ2v) is 6.21. The fraction of sp³-hybridized carbons (Fsp3) is 0.571. The summed E-state index contributed by atoms with van der Waals surface area (Å²) in [6, 6.07) is 2.07. The molecular formula is C14H18O2S2. The molecule has 2 heterocycles. The van der Waals surface area contributed by atoms with Crippen LogP contribution in [0.3, 0.4) is 0 Å². The van der Waals surface area contributed by atoms with Crippen molar-refractivity contribution in [2.24, 2.45) is 0 Å². The van der Waals surface area contributed by atoms with Crippen LogP contribution in [0.5, 0.6) is 0 Å². The minimum Gasteiger partial charge on any atom is -0.395 e. The quantitative estimate of drug-likeness (QED) is 0.842. The molecule has 1 fully saturated rings. The molecule has 0 aromatic carbocycles. The van der Waals surface area contributed by atoms with Crippen LogP contribution in [0.25, 0.3) is 0 Å². The third kappa shape index (κ3) is 4.33. The maximum absolute atomic E-state index is 8.71. The highest BCUT2D eigenvalue weighted by Crippen LogP contribution is 2.24. The van der Waals surface area contributed by atoms with Crippen LogP contribution in [0.2, 0.25) is 0 Å². The van der Waals surface area contributed by atoms with E-state index in [0.29, 0.717) is 12.5 Å². The first-order valence-electron chi connectivity index (χ1n) is 6.25. The zero-order valence-electron chi connectivity index (χ0n) is 10.4. The second kappa shape index (κ2) is 7.85. The van der Waals surface area contributed by atoms with Gasteiger partial charge in [-0.25, -0.2) is 0 Å². The van der Waals surface area contributed by atoms with Crippen LogP contribution in [0.4, 0.5) is 0 Å². The predicted molar refractivity (Wildman–Crippen MR) is 78.0 cm³/mol. The van der Waals surface area contributed by atoms with Crippen LogP contribution in [-0.2, 0) is 10.5 Å². The van der Waals surface area contributed by atoms with Gasteiger partial charge in [0.15, 0.2) is 0 Å². The number of thiophene rings is 1. The molecule has 1 N–H and O–H groups in total. The molecule has 1 aromatic heterocycles. The van der Waals surface area contributed by atoms with Crippen LogP contribution in [0.1, 0.15) is 29.7 Å².